The van der Waals surface area contributed by atoms with Gasteiger partial charge in [-0.1, -0.05) is 23.7 Å². The van der Waals surface area contributed by atoms with Crippen molar-refractivity contribution >= 4 is 23.4 Å². The molecule has 2 rings (SSSR count). The number of nitrogens with zero attached hydrogens (tertiary/aromatic N) is 2. The monoisotopic (exact) mass is 290 g/mol. The van der Waals surface area contributed by atoms with Gasteiger partial charge in [0, 0.05) is 23.8 Å². The van der Waals surface area contributed by atoms with E-state index in [0.717, 1.165) is 23.8 Å². The van der Waals surface area contributed by atoms with Gasteiger partial charge in [-0.25, -0.2) is 4.98 Å². The van der Waals surface area contributed by atoms with Crippen LogP contribution in [0.15, 0.2) is 36.5 Å². The minimum absolute atomic E-state index is 0.351. The average Bonchev–Trinajstić information content (AvgIpc) is 2.38. The summed E-state index contributed by atoms with van der Waals surface area (Å²) >= 11 is 5.96. The second kappa shape index (κ2) is 7.10. The van der Waals surface area contributed by atoms with E-state index in [1.165, 1.54) is 5.56 Å². The summed E-state index contributed by atoms with van der Waals surface area (Å²) in [5, 5.41) is 7.24. The number of anilines is 2. The normalized spacial score (nSPS) is 10.6. The molecule has 5 heteroatoms. The number of rotatable bonds is 6. The summed E-state index contributed by atoms with van der Waals surface area (Å²) in [5.74, 6) is 1.47. The average molecular weight is 291 g/mol. The number of nitrogens with one attached hydrogen (secondary N) is 2. The highest BCUT2D eigenvalue weighted by atomic mass is 35.5. The summed E-state index contributed by atoms with van der Waals surface area (Å²) in [6.45, 7) is 4.92. The van der Waals surface area contributed by atoms with Gasteiger partial charge in [0.15, 0.2) is 0 Å². The molecule has 1 aromatic carbocycles. The number of hydrogen-bond donors (Lipinski definition) is 2. The maximum Gasteiger partial charge on any atom is 0.224 e. The zero-order valence-electron chi connectivity index (χ0n) is 11.7. The van der Waals surface area contributed by atoms with E-state index in [1.807, 2.05) is 24.3 Å². The molecular formula is C15H19ClN4. The molecule has 0 unspecified atom stereocenters. The number of hydrogen-bond acceptors (Lipinski definition) is 4. The summed E-state index contributed by atoms with van der Waals surface area (Å²) in [6, 6.07) is 10.1. The minimum Gasteiger partial charge on any atom is -0.368 e. The van der Waals surface area contributed by atoms with Gasteiger partial charge in [0.05, 0.1) is 0 Å². The zero-order valence-corrected chi connectivity index (χ0v) is 12.5. The van der Waals surface area contributed by atoms with Crippen LogP contribution in [-0.2, 0) is 6.42 Å². The molecule has 2 aromatic rings. The zero-order chi connectivity index (χ0) is 14.4. The molecular weight excluding hydrogens is 272 g/mol. The highest BCUT2D eigenvalue weighted by Gasteiger charge is 2.00. The molecule has 0 radical (unpaired) electrons. The maximum atomic E-state index is 5.96. The summed E-state index contributed by atoms with van der Waals surface area (Å²) < 4.78 is 0. The van der Waals surface area contributed by atoms with Crippen molar-refractivity contribution in [2.24, 2.45) is 0 Å². The van der Waals surface area contributed by atoms with Crippen molar-refractivity contribution in [3.63, 3.8) is 0 Å². The fraction of sp³-hybridized carbons (Fsp3) is 0.333. The third kappa shape index (κ3) is 4.70. The Bertz CT molecular complexity index is 557. The summed E-state index contributed by atoms with van der Waals surface area (Å²) in [5.41, 5.74) is 1.20. The molecule has 0 aliphatic carbocycles. The third-order valence-electron chi connectivity index (χ3n) is 2.68. The van der Waals surface area contributed by atoms with Crippen molar-refractivity contribution in [2.45, 2.75) is 26.3 Å². The topological polar surface area (TPSA) is 49.8 Å². The molecule has 0 aliphatic rings. The third-order valence-corrected chi connectivity index (χ3v) is 2.91. The van der Waals surface area contributed by atoms with E-state index in [1.54, 1.807) is 6.20 Å². The number of aromatic nitrogens is 2. The molecule has 0 atom stereocenters. The van der Waals surface area contributed by atoms with Gasteiger partial charge in [0.2, 0.25) is 5.95 Å². The molecule has 0 spiro atoms. The van der Waals surface area contributed by atoms with Crippen LogP contribution in [0.3, 0.4) is 0 Å². The van der Waals surface area contributed by atoms with Gasteiger partial charge >= 0.3 is 0 Å². The van der Waals surface area contributed by atoms with Crippen molar-refractivity contribution in [1.29, 1.82) is 0 Å². The quantitative estimate of drug-likeness (QED) is 0.853. The molecule has 0 aliphatic heterocycles. The van der Waals surface area contributed by atoms with E-state index < -0.39 is 0 Å². The van der Waals surface area contributed by atoms with Gasteiger partial charge in [-0.15, -0.1) is 0 Å². The Morgan fingerprint density at radius 3 is 2.85 bits per heavy atom. The molecule has 2 N–H and O–H groups in total. The Morgan fingerprint density at radius 1 is 1.25 bits per heavy atom. The first-order valence-corrected chi connectivity index (χ1v) is 7.09. The first kappa shape index (κ1) is 14.6. The lowest BCUT2D eigenvalue weighted by Crippen LogP contribution is -2.13. The van der Waals surface area contributed by atoms with Gasteiger partial charge in [-0.3, -0.25) is 0 Å². The van der Waals surface area contributed by atoms with Crippen molar-refractivity contribution in [1.82, 2.24) is 9.97 Å². The smallest absolute Gasteiger partial charge is 0.224 e. The van der Waals surface area contributed by atoms with Crippen LogP contribution < -0.4 is 10.6 Å². The molecule has 1 heterocycles. The lowest BCUT2D eigenvalue weighted by Gasteiger charge is -2.10. The Kier molecular flexibility index (Phi) is 5.18. The highest BCUT2D eigenvalue weighted by Crippen LogP contribution is 2.11. The molecule has 0 bridgehead atoms. The minimum atomic E-state index is 0.351. The standard InChI is InChI=1S/C15H19ClN4/c1-11(2)19-14-7-9-18-15(20-14)17-8-6-12-4-3-5-13(16)10-12/h3-5,7,9-11H,6,8H2,1-2H3,(H2,17,18,19,20). The van der Waals surface area contributed by atoms with Crippen molar-refractivity contribution in [3.05, 3.63) is 47.1 Å². The van der Waals surface area contributed by atoms with E-state index in [-0.39, 0.29) is 0 Å². The van der Waals surface area contributed by atoms with Crippen molar-refractivity contribution < 1.29 is 0 Å². The van der Waals surface area contributed by atoms with E-state index in [2.05, 4.69) is 40.5 Å². The molecule has 1 aromatic heterocycles. The largest absolute Gasteiger partial charge is 0.368 e. The van der Waals surface area contributed by atoms with Crippen LogP contribution in [0.2, 0.25) is 5.02 Å². The summed E-state index contributed by atoms with van der Waals surface area (Å²) in [6.07, 6.45) is 2.63. The van der Waals surface area contributed by atoms with Crippen LogP contribution in [-0.4, -0.2) is 22.6 Å². The molecule has 0 amide bonds. The molecule has 106 valence electrons. The Morgan fingerprint density at radius 2 is 2.10 bits per heavy atom. The summed E-state index contributed by atoms with van der Waals surface area (Å²) in [4.78, 5) is 8.61. The molecule has 0 saturated heterocycles. The molecule has 0 saturated carbocycles. The van der Waals surface area contributed by atoms with Crippen LogP contribution in [0, 0.1) is 0 Å². The van der Waals surface area contributed by atoms with Gasteiger partial charge < -0.3 is 10.6 Å². The number of benzene rings is 1. The van der Waals surface area contributed by atoms with E-state index in [4.69, 9.17) is 11.6 Å². The van der Waals surface area contributed by atoms with E-state index >= 15 is 0 Å². The van der Waals surface area contributed by atoms with Crippen molar-refractivity contribution in [2.75, 3.05) is 17.2 Å². The van der Waals surface area contributed by atoms with Gasteiger partial charge in [0.25, 0.3) is 0 Å². The van der Waals surface area contributed by atoms with E-state index in [0.29, 0.717) is 12.0 Å². The SMILES string of the molecule is CC(C)Nc1ccnc(NCCc2cccc(Cl)c2)n1. The summed E-state index contributed by atoms with van der Waals surface area (Å²) in [7, 11) is 0. The maximum absolute atomic E-state index is 5.96. The molecule has 0 fully saturated rings. The predicted octanol–water partition coefficient (Wildman–Crippen LogP) is 3.60. The van der Waals surface area contributed by atoms with Crippen LogP contribution in [0.4, 0.5) is 11.8 Å². The van der Waals surface area contributed by atoms with Gasteiger partial charge in [-0.2, -0.15) is 4.98 Å². The van der Waals surface area contributed by atoms with Crippen molar-refractivity contribution in [3.8, 4) is 0 Å². The highest BCUT2D eigenvalue weighted by molar-refractivity contribution is 6.30. The second-order valence-corrected chi connectivity index (χ2v) is 5.31. The van der Waals surface area contributed by atoms with E-state index in [9.17, 15) is 0 Å². The Balaban J connectivity index is 1.87. The second-order valence-electron chi connectivity index (χ2n) is 4.87. The lowest BCUT2D eigenvalue weighted by molar-refractivity contribution is 0.884. The first-order valence-electron chi connectivity index (χ1n) is 6.71. The van der Waals surface area contributed by atoms with Gasteiger partial charge in [0.1, 0.15) is 5.82 Å². The van der Waals surface area contributed by atoms with Gasteiger partial charge in [-0.05, 0) is 44.0 Å². The molecule has 20 heavy (non-hydrogen) atoms. The fourth-order valence-corrected chi connectivity index (χ4v) is 2.04. The van der Waals surface area contributed by atoms with Crippen LogP contribution in [0.25, 0.3) is 0 Å². The molecule has 4 nitrogen and oxygen atoms in total. The van der Waals surface area contributed by atoms with Crippen LogP contribution in [0.5, 0.6) is 0 Å². The first-order chi connectivity index (χ1) is 9.63. The fourth-order valence-electron chi connectivity index (χ4n) is 1.83. The lowest BCUT2D eigenvalue weighted by atomic mass is 10.1. The number of halogens is 1. The van der Waals surface area contributed by atoms with Crippen LogP contribution in [0.1, 0.15) is 19.4 Å². The predicted molar refractivity (Wildman–Crippen MR) is 84.4 cm³/mol. The van der Waals surface area contributed by atoms with Crippen LogP contribution >= 0.6 is 11.6 Å². The Labute approximate surface area is 124 Å². The Hall–Kier alpha value is -1.81.